The molecule has 1 N–H and O–H groups in total. The number of nitrogens with zero attached hydrogens (tertiary/aromatic N) is 2. The van der Waals surface area contributed by atoms with Crippen LogP contribution in [0.4, 0.5) is 10.5 Å². The minimum absolute atomic E-state index is 0.220. The maximum absolute atomic E-state index is 12.1. The Bertz CT molecular complexity index is 799. The summed E-state index contributed by atoms with van der Waals surface area (Å²) < 4.78 is 4.36. The summed E-state index contributed by atoms with van der Waals surface area (Å²) in [6, 6.07) is 7.47. The van der Waals surface area contributed by atoms with E-state index < -0.39 is 22.4 Å². The molecule has 0 radical (unpaired) electrons. The van der Waals surface area contributed by atoms with Crippen LogP contribution in [-0.4, -0.2) is 35.5 Å². The van der Waals surface area contributed by atoms with Crippen LogP contribution >= 0.6 is 23.2 Å². The van der Waals surface area contributed by atoms with Crippen molar-refractivity contribution in [1.29, 1.82) is 0 Å². The van der Waals surface area contributed by atoms with E-state index in [0.29, 0.717) is 13.0 Å². The van der Waals surface area contributed by atoms with Gasteiger partial charge in [-0.1, -0.05) is 0 Å². The molecule has 2 aliphatic carbocycles. The van der Waals surface area contributed by atoms with Crippen LogP contribution in [0, 0.1) is 12.5 Å². The largest absolute Gasteiger partial charge is 0.442 e. The van der Waals surface area contributed by atoms with E-state index in [9.17, 15) is 9.59 Å². The molecule has 2 saturated carbocycles. The maximum atomic E-state index is 12.1. The van der Waals surface area contributed by atoms with E-state index in [0.717, 1.165) is 24.1 Å². The number of anilines is 1. The Kier molecular flexibility index (Phi) is 4.05. The molecule has 1 aromatic rings. The molecule has 2 atom stereocenters. The first-order valence-electron chi connectivity index (χ1n) is 8.47. The lowest BCUT2D eigenvalue weighted by Gasteiger charge is -2.14. The quantitative estimate of drug-likeness (QED) is 0.616. The average Bonchev–Trinajstić information content (AvgIpc) is 3.51. The monoisotopic (exact) mass is 393 g/mol. The highest BCUT2D eigenvalue weighted by molar-refractivity contribution is 6.52. The summed E-state index contributed by atoms with van der Waals surface area (Å²) in [6.07, 6.45) is 1.34. The molecule has 136 valence electrons. The Morgan fingerprint density at radius 1 is 1.35 bits per heavy atom. The zero-order chi connectivity index (χ0) is 18.5. The van der Waals surface area contributed by atoms with E-state index in [4.69, 9.17) is 34.5 Å². The highest BCUT2D eigenvalue weighted by Crippen LogP contribution is 2.53. The minimum Gasteiger partial charge on any atom is -0.442 e. The smallest absolute Gasteiger partial charge is 0.414 e. The van der Waals surface area contributed by atoms with Crippen molar-refractivity contribution in [2.45, 2.75) is 35.2 Å². The van der Waals surface area contributed by atoms with Crippen LogP contribution in [0.5, 0.6) is 0 Å². The van der Waals surface area contributed by atoms with E-state index in [-0.39, 0.29) is 18.0 Å². The standard InChI is InChI=1S/C18H17Cl2N3O3/c1-21-17(6-7-17)11-2-4-12(5-3-11)23-10-13(26-16(23)25)9-22-15(24)14-8-18(14,19)20/h2-5,13-14H,6-10H2,(H,22,24). The molecular formula is C18H17Cl2N3O3. The van der Waals surface area contributed by atoms with Gasteiger partial charge in [0, 0.05) is 24.1 Å². The van der Waals surface area contributed by atoms with E-state index >= 15 is 0 Å². The second kappa shape index (κ2) is 6.04. The lowest BCUT2D eigenvalue weighted by Crippen LogP contribution is -2.36. The van der Waals surface area contributed by atoms with Crippen molar-refractivity contribution in [2.24, 2.45) is 5.92 Å². The molecule has 1 aromatic carbocycles. The molecule has 1 saturated heterocycles. The van der Waals surface area contributed by atoms with E-state index in [1.165, 1.54) is 4.90 Å². The van der Waals surface area contributed by atoms with Gasteiger partial charge in [-0.25, -0.2) is 11.4 Å². The molecule has 6 nitrogen and oxygen atoms in total. The van der Waals surface area contributed by atoms with Crippen molar-refractivity contribution in [1.82, 2.24) is 5.32 Å². The van der Waals surface area contributed by atoms with E-state index in [1.54, 1.807) is 0 Å². The SMILES string of the molecule is [C-]#[N+]C1(c2ccc(N3CC(CNC(=O)C4CC4(Cl)Cl)OC3=O)cc2)CC1. The fourth-order valence-corrected chi connectivity index (χ4v) is 3.72. The summed E-state index contributed by atoms with van der Waals surface area (Å²) in [5.41, 5.74) is 1.35. The molecule has 1 aliphatic heterocycles. The Balaban J connectivity index is 1.34. The predicted molar refractivity (Wildman–Crippen MR) is 97.1 cm³/mol. The highest BCUT2D eigenvalue weighted by atomic mass is 35.5. The number of hydrogen-bond donors (Lipinski definition) is 1. The van der Waals surface area contributed by atoms with Crippen LogP contribution in [-0.2, 0) is 15.1 Å². The van der Waals surface area contributed by atoms with Crippen molar-refractivity contribution >= 4 is 40.9 Å². The van der Waals surface area contributed by atoms with Crippen LogP contribution in [0.15, 0.2) is 24.3 Å². The molecule has 3 fully saturated rings. The van der Waals surface area contributed by atoms with Gasteiger partial charge in [0.05, 0.1) is 19.0 Å². The van der Waals surface area contributed by atoms with Crippen molar-refractivity contribution in [3.8, 4) is 0 Å². The second-order valence-electron chi connectivity index (χ2n) is 7.07. The van der Waals surface area contributed by atoms with Crippen LogP contribution in [0.2, 0.25) is 0 Å². The number of nitrogens with one attached hydrogen (secondary N) is 1. The lowest BCUT2D eigenvalue weighted by atomic mass is 10.1. The number of hydrogen-bond acceptors (Lipinski definition) is 3. The molecule has 0 aromatic heterocycles. The Morgan fingerprint density at radius 2 is 2.00 bits per heavy atom. The molecule has 3 aliphatic rings. The van der Waals surface area contributed by atoms with Gasteiger partial charge in [0.15, 0.2) is 0 Å². The first-order chi connectivity index (χ1) is 12.3. The molecule has 26 heavy (non-hydrogen) atoms. The highest BCUT2D eigenvalue weighted by Gasteiger charge is 2.56. The molecule has 1 heterocycles. The van der Waals surface area contributed by atoms with Crippen LogP contribution in [0.3, 0.4) is 0 Å². The van der Waals surface area contributed by atoms with Crippen LogP contribution in [0.25, 0.3) is 4.85 Å². The van der Waals surface area contributed by atoms with Gasteiger partial charge in [-0.2, -0.15) is 0 Å². The van der Waals surface area contributed by atoms with Gasteiger partial charge in [0.2, 0.25) is 5.91 Å². The van der Waals surface area contributed by atoms with Gasteiger partial charge < -0.3 is 14.9 Å². The molecule has 8 heteroatoms. The van der Waals surface area contributed by atoms with Gasteiger partial charge in [-0.05, 0) is 30.7 Å². The molecule has 0 bridgehead atoms. The Labute approximate surface area is 161 Å². The van der Waals surface area contributed by atoms with Crippen molar-refractivity contribution in [2.75, 3.05) is 18.0 Å². The summed E-state index contributed by atoms with van der Waals surface area (Å²) in [5.74, 6) is -0.619. The topological polar surface area (TPSA) is 63.0 Å². The molecular weight excluding hydrogens is 377 g/mol. The predicted octanol–water partition coefficient (Wildman–Crippen LogP) is 3.23. The summed E-state index contributed by atoms with van der Waals surface area (Å²) in [7, 11) is 0. The average molecular weight is 394 g/mol. The third-order valence-corrected chi connectivity index (χ3v) is 6.01. The minimum atomic E-state index is -0.964. The van der Waals surface area contributed by atoms with Crippen molar-refractivity contribution in [3.63, 3.8) is 0 Å². The zero-order valence-corrected chi connectivity index (χ0v) is 15.4. The third kappa shape index (κ3) is 3.10. The number of alkyl halides is 2. The van der Waals surface area contributed by atoms with Crippen LogP contribution < -0.4 is 10.2 Å². The van der Waals surface area contributed by atoms with Crippen LogP contribution in [0.1, 0.15) is 24.8 Å². The van der Waals surface area contributed by atoms with Gasteiger partial charge in [-0.15, -0.1) is 23.2 Å². The van der Waals surface area contributed by atoms with Crippen molar-refractivity contribution in [3.05, 3.63) is 41.2 Å². The number of cyclic esters (lactones) is 1. The number of rotatable bonds is 5. The lowest BCUT2D eigenvalue weighted by molar-refractivity contribution is -0.122. The fourth-order valence-electron chi connectivity index (χ4n) is 3.21. The fraction of sp³-hybridized carbons (Fsp3) is 0.500. The number of carbonyl (C=O) groups excluding carboxylic acids is 2. The first kappa shape index (κ1) is 17.4. The first-order valence-corrected chi connectivity index (χ1v) is 9.23. The van der Waals surface area contributed by atoms with Crippen molar-refractivity contribution < 1.29 is 14.3 Å². The number of halogens is 2. The molecule has 2 unspecified atom stereocenters. The van der Waals surface area contributed by atoms with Gasteiger partial charge in [0.25, 0.3) is 5.54 Å². The number of amides is 2. The normalized spacial score (nSPS) is 27.4. The molecule has 4 rings (SSSR count). The van der Waals surface area contributed by atoms with Gasteiger partial charge in [-0.3, -0.25) is 9.69 Å². The maximum Gasteiger partial charge on any atom is 0.414 e. The number of benzene rings is 1. The number of ether oxygens (including phenoxy) is 1. The molecule has 2 amide bonds. The Morgan fingerprint density at radius 3 is 2.54 bits per heavy atom. The van der Waals surface area contributed by atoms with Gasteiger partial charge in [0.1, 0.15) is 10.4 Å². The van der Waals surface area contributed by atoms with E-state index in [2.05, 4.69) is 10.2 Å². The summed E-state index contributed by atoms with van der Waals surface area (Å²) >= 11 is 11.8. The second-order valence-corrected chi connectivity index (χ2v) is 8.61. The number of carbonyl (C=O) groups is 2. The van der Waals surface area contributed by atoms with Gasteiger partial charge >= 0.3 is 6.09 Å². The summed E-state index contributed by atoms with van der Waals surface area (Å²) in [5, 5.41) is 2.73. The zero-order valence-electron chi connectivity index (χ0n) is 13.9. The summed E-state index contributed by atoms with van der Waals surface area (Å²) in [4.78, 5) is 29.3. The third-order valence-electron chi connectivity index (χ3n) is 5.17. The Hall–Kier alpha value is -1.97. The van der Waals surface area contributed by atoms with E-state index in [1.807, 2.05) is 24.3 Å². The summed E-state index contributed by atoms with van der Waals surface area (Å²) in [6.45, 7) is 7.89. The molecule has 0 spiro atoms.